The first-order valence-corrected chi connectivity index (χ1v) is 20.7. The molecule has 5 aromatic rings. The first-order valence-electron chi connectivity index (χ1n) is 20.7. The van der Waals surface area contributed by atoms with Gasteiger partial charge in [-0.1, -0.05) is 38.1 Å². The van der Waals surface area contributed by atoms with Gasteiger partial charge in [-0.05, 0) is 68.9 Å². The Balaban J connectivity index is 1.51. The number of carbonyl (C=O) groups is 5. The van der Waals surface area contributed by atoms with Crippen molar-refractivity contribution in [3.63, 3.8) is 0 Å². The van der Waals surface area contributed by atoms with E-state index in [0.717, 1.165) is 0 Å². The van der Waals surface area contributed by atoms with Gasteiger partial charge in [0.05, 0.1) is 52.9 Å². The Bertz CT molecular complexity index is 2270. The third-order valence-electron chi connectivity index (χ3n) is 9.68. The van der Waals surface area contributed by atoms with Crippen molar-refractivity contribution in [3.8, 4) is 5.75 Å². The summed E-state index contributed by atoms with van der Waals surface area (Å²) < 4.78 is 12.0. The molecule has 0 bridgehead atoms. The van der Waals surface area contributed by atoms with Crippen molar-refractivity contribution < 1.29 is 53.9 Å². The van der Waals surface area contributed by atoms with E-state index in [2.05, 4.69) is 25.3 Å². The van der Waals surface area contributed by atoms with Crippen LogP contribution in [0.15, 0.2) is 84.9 Å². The number of amides is 1. The van der Waals surface area contributed by atoms with Crippen molar-refractivity contribution in [2.24, 2.45) is 11.1 Å². The predicted molar refractivity (Wildman–Crippen MR) is 236 cm³/mol. The number of hydrogen-bond donors (Lipinski definition) is 6. The van der Waals surface area contributed by atoms with E-state index in [1.807, 2.05) is 37.5 Å². The third-order valence-corrected chi connectivity index (χ3v) is 9.68. The molecule has 348 valence electrons. The number of pyridine rings is 5. The number of carbonyl (C=O) groups excluding carboxylic acids is 1. The number of ether oxygens (including phenoxy) is 2. The van der Waals surface area contributed by atoms with E-state index in [1.165, 1.54) is 24.3 Å². The number of carboxylic acids is 4. The second-order valence-electron chi connectivity index (χ2n) is 16.9. The molecule has 0 atom stereocenters. The minimum atomic E-state index is -1.22. The number of nitrogens with zero attached hydrogens (tertiary/aromatic N) is 7. The van der Waals surface area contributed by atoms with Crippen molar-refractivity contribution in [2.45, 2.75) is 72.5 Å². The van der Waals surface area contributed by atoms with E-state index in [1.54, 1.807) is 60.7 Å². The predicted octanol–water partition coefficient (Wildman–Crippen LogP) is 4.13. The lowest BCUT2D eigenvalue weighted by atomic mass is 9.95. The quantitative estimate of drug-likeness (QED) is 0.0480. The molecule has 0 saturated carbocycles. The van der Waals surface area contributed by atoms with Crippen LogP contribution in [0.2, 0.25) is 0 Å². The Labute approximate surface area is 380 Å². The zero-order chi connectivity index (χ0) is 48.0. The molecule has 1 amide bonds. The fraction of sp³-hybridized carbons (Fsp3) is 0.348. The molecule has 0 aliphatic heterocycles. The van der Waals surface area contributed by atoms with Gasteiger partial charge < -0.3 is 41.0 Å². The van der Waals surface area contributed by atoms with Crippen LogP contribution in [0.5, 0.6) is 5.75 Å². The van der Waals surface area contributed by atoms with E-state index in [0.29, 0.717) is 47.3 Å². The van der Waals surface area contributed by atoms with Crippen LogP contribution in [-0.2, 0) is 48.8 Å². The van der Waals surface area contributed by atoms with Crippen molar-refractivity contribution in [3.05, 3.63) is 142 Å². The molecule has 20 heteroatoms. The average Bonchev–Trinajstić information content (AvgIpc) is 3.25. The second kappa shape index (κ2) is 22.6. The van der Waals surface area contributed by atoms with Gasteiger partial charge >= 0.3 is 23.9 Å². The highest BCUT2D eigenvalue weighted by Crippen LogP contribution is 2.22. The van der Waals surface area contributed by atoms with Crippen molar-refractivity contribution >= 4 is 29.8 Å². The lowest BCUT2D eigenvalue weighted by Gasteiger charge is -2.29. The summed E-state index contributed by atoms with van der Waals surface area (Å²) in [6.45, 7) is 8.63. The maximum absolute atomic E-state index is 13.3. The van der Waals surface area contributed by atoms with Crippen molar-refractivity contribution in [2.75, 3.05) is 26.4 Å². The fourth-order valence-electron chi connectivity index (χ4n) is 6.56. The molecular formula is C46H53N9O11. The van der Waals surface area contributed by atoms with Gasteiger partial charge in [0.2, 0.25) is 0 Å². The Morgan fingerprint density at radius 3 is 1.23 bits per heavy atom. The summed E-state index contributed by atoms with van der Waals surface area (Å²) in [5, 5.41) is 41.5. The standard InChI is InChI=1S/C46H53N9O11/c1-45(2,26-47)27-65-28-46(3,4)53-40(56)25-66-35-17-33(23-54(19-29-9-5-13-36(49-29)41(57)58)20-30-10-6-14-37(50-30)42(59)60)48-34(18-35)24-55(21-31-11-7-15-38(51-31)43(61)62)22-32-12-8-16-39(52-32)44(63)64/h5-18H,19-28,47H2,1-4H3,(H,53,56)(H,57,58)(H,59,60)(H,61,62)(H,63,64). The SMILES string of the molecule is CC(C)(CN)COCC(C)(C)NC(=O)COc1cc(CN(Cc2cccc(C(=O)O)n2)Cc2cccc(C(=O)O)n2)nc(CN(Cc2cccc(C(=O)O)n2)Cc2cccc(C(=O)O)n2)c1. The summed E-state index contributed by atoms with van der Waals surface area (Å²) in [6, 6.07) is 21.6. The summed E-state index contributed by atoms with van der Waals surface area (Å²) in [6.07, 6.45) is 0. The Hall–Kier alpha value is -7.26. The topological polar surface area (TPSA) is 294 Å². The summed E-state index contributed by atoms with van der Waals surface area (Å²) in [5.41, 5.74) is 6.54. The minimum Gasteiger partial charge on any atom is -0.484 e. The van der Waals surface area contributed by atoms with Crippen LogP contribution >= 0.6 is 0 Å². The van der Waals surface area contributed by atoms with Gasteiger partial charge in [0, 0.05) is 56.8 Å². The Kier molecular flexibility index (Phi) is 17.0. The van der Waals surface area contributed by atoms with Gasteiger partial charge in [0.15, 0.2) is 6.61 Å². The van der Waals surface area contributed by atoms with Crippen LogP contribution in [0.1, 0.15) is 104 Å². The number of aromatic carboxylic acids is 4. The summed E-state index contributed by atoms with van der Waals surface area (Å²) in [7, 11) is 0. The number of nitrogens with one attached hydrogen (secondary N) is 1. The van der Waals surface area contributed by atoms with Crippen LogP contribution in [0.3, 0.4) is 0 Å². The van der Waals surface area contributed by atoms with Gasteiger partial charge in [-0.15, -0.1) is 0 Å². The van der Waals surface area contributed by atoms with Crippen LogP contribution in [0, 0.1) is 5.41 Å². The highest BCUT2D eigenvalue weighted by Gasteiger charge is 2.24. The lowest BCUT2D eigenvalue weighted by Crippen LogP contribution is -2.49. The average molecular weight is 908 g/mol. The smallest absolute Gasteiger partial charge is 0.354 e. The highest BCUT2D eigenvalue weighted by molar-refractivity contribution is 5.86. The van der Waals surface area contributed by atoms with Crippen molar-refractivity contribution in [1.82, 2.24) is 40.0 Å². The molecular weight excluding hydrogens is 855 g/mol. The first kappa shape index (κ1) is 49.8. The van der Waals surface area contributed by atoms with E-state index in [9.17, 15) is 44.4 Å². The zero-order valence-corrected chi connectivity index (χ0v) is 37.0. The van der Waals surface area contributed by atoms with E-state index < -0.39 is 41.9 Å². The van der Waals surface area contributed by atoms with E-state index >= 15 is 0 Å². The molecule has 0 unspecified atom stereocenters. The molecule has 0 aliphatic rings. The molecule has 0 spiro atoms. The maximum atomic E-state index is 13.3. The van der Waals surface area contributed by atoms with Crippen LogP contribution in [0.25, 0.3) is 0 Å². The molecule has 0 radical (unpaired) electrons. The second-order valence-corrected chi connectivity index (χ2v) is 16.9. The van der Waals surface area contributed by atoms with Gasteiger partial charge in [-0.25, -0.2) is 39.1 Å². The molecule has 20 nitrogen and oxygen atoms in total. The van der Waals surface area contributed by atoms with Crippen molar-refractivity contribution in [1.29, 1.82) is 0 Å². The summed E-state index contributed by atoms with van der Waals surface area (Å²) in [5.74, 6) is -5.06. The molecule has 66 heavy (non-hydrogen) atoms. The summed E-state index contributed by atoms with van der Waals surface area (Å²) >= 11 is 0. The molecule has 0 aromatic carbocycles. The van der Waals surface area contributed by atoms with Crippen LogP contribution in [-0.4, -0.2) is 117 Å². The number of carboxylic acid groups (broad SMARTS) is 4. The maximum Gasteiger partial charge on any atom is 0.354 e. The normalized spacial score (nSPS) is 11.7. The van der Waals surface area contributed by atoms with Crippen LogP contribution < -0.4 is 15.8 Å². The highest BCUT2D eigenvalue weighted by atomic mass is 16.5. The van der Waals surface area contributed by atoms with Crippen LogP contribution in [0.4, 0.5) is 0 Å². The lowest BCUT2D eigenvalue weighted by molar-refractivity contribution is -0.125. The number of rotatable bonds is 25. The molecule has 0 fully saturated rings. The number of hydrogen-bond acceptors (Lipinski definition) is 15. The number of nitrogens with two attached hydrogens (primary N) is 1. The van der Waals surface area contributed by atoms with E-state index in [4.69, 9.17) is 20.2 Å². The molecule has 7 N–H and O–H groups in total. The van der Waals surface area contributed by atoms with Gasteiger partial charge in [0.1, 0.15) is 28.5 Å². The first-order chi connectivity index (χ1) is 31.3. The molecule has 5 heterocycles. The largest absolute Gasteiger partial charge is 0.484 e. The number of aromatic nitrogens is 5. The summed E-state index contributed by atoms with van der Waals surface area (Å²) in [4.78, 5) is 86.4. The molecule has 0 aliphatic carbocycles. The van der Waals surface area contributed by atoms with Gasteiger partial charge in [0.25, 0.3) is 5.91 Å². The monoisotopic (exact) mass is 907 g/mol. The zero-order valence-electron chi connectivity index (χ0n) is 37.0. The minimum absolute atomic E-state index is 0.0578. The Morgan fingerprint density at radius 1 is 0.545 bits per heavy atom. The van der Waals surface area contributed by atoms with Gasteiger partial charge in [-0.3, -0.25) is 19.6 Å². The van der Waals surface area contributed by atoms with E-state index in [-0.39, 0.29) is 79.8 Å². The molecule has 5 aromatic heterocycles. The molecule has 0 saturated heterocycles. The Morgan fingerprint density at radius 2 is 0.894 bits per heavy atom. The third kappa shape index (κ3) is 15.8. The van der Waals surface area contributed by atoms with Gasteiger partial charge in [-0.2, -0.15) is 0 Å². The molecule has 5 rings (SSSR count). The fourth-order valence-corrected chi connectivity index (χ4v) is 6.56.